The van der Waals surface area contributed by atoms with Gasteiger partial charge >= 0.3 is 0 Å². The second-order valence-corrected chi connectivity index (χ2v) is 6.55. The maximum absolute atomic E-state index is 12.3. The van der Waals surface area contributed by atoms with E-state index in [4.69, 9.17) is 0 Å². The molecule has 27 heavy (non-hydrogen) atoms. The SMILES string of the molecule is CN(C)c1cccc(-c2ccc(-c3cc(=O)n(-c4ccccn4)[nH]3)cc2)c1. The van der Waals surface area contributed by atoms with Gasteiger partial charge in [-0.2, -0.15) is 0 Å². The zero-order chi connectivity index (χ0) is 18.8. The molecule has 0 aliphatic heterocycles. The molecule has 0 aliphatic carbocycles. The van der Waals surface area contributed by atoms with E-state index in [0.29, 0.717) is 5.82 Å². The summed E-state index contributed by atoms with van der Waals surface area (Å²) in [4.78, 5) is 18.6. The van der Waals surface area contributed by atoms with Crippen molar-refractivity contribution in [2.24, 2.45) is 0 Å². The number of hydrogen-bond acceptors (Lipinski definition) is 3. The van der Waals surface area contributed by atoms with E-state index in [-0.39, 0.29) is 5.56 Å². The van der Waals surface area contributed by atoms with Crippen LogP contribution in [0, 0.1) is 0 Å². The van der Waals surface area contributed by atoms with Crippen LogP contribution < -0.4 is 10.5 Å². The van der Waals surface area contributed by atoms with Crippen LogP contribution in [-0.4, -0.2) is 28.9 Å². The van der Waals surface area contributed by atoms with Gasteiger partial charge in [0.25, 0.3) is 5.56 Å². The fraction of sp³-hybridized carbons (Fsp3) is 0.0909. The van der Waals surface area contributed by atoms with Crippen molar-refractivity contribution in [2.75, 3.05) is 19.0 Å². The molecule has 2 aromatic heterocycles. The maximum atomic E-state index is 12.3. The lowest BCUT2D eigenvalue weighted by Crippen LogP contribution is -2.14. The number of benzene rings is 2. The van der Waals surface area contributed by atoms with Gasteiger partial charge in [-0.05, 0) is 41.0 Å². The van der Waals surface area contributed by atoms with E-state index in [1.54, 1.807) is 18.3 Å². The van der Waals surface area contributed by atoms with Gasteiger partial charge in [0.15, 0.2) is 5.82 Å². The first kappa shape index (κ1) is 16.8. The Labute approximate surface area is 157 Å². The largest absolute Gasteiger partial charge is 0.378 e. The van der Waals surface area contributed by atoms with Crippen LogP contribution in [0.25, 0.3) is 28.2 Å². The van der Waals surface area contributed by atoms with E-state index in [9.17, 15) is 4.79 Å². The molecule has 4 aromatic rings. The van der Waals surface area contributed by atoms with Crippen molar-refractivity contribution in [3.05, 3.63) is 89.3 Å². The molecule has 0 bridgehead atoms. The predicted molar refractivity (Wildman–Crippen MR) is 109 cm³/mol. The summed E-state index contributed by atoms with van der Waals surface area (Å²) in [5.41, 5.74) is 5.04. The van der Waals surface area contributed by atoms with E-state index in [0.717, 1.165) is 28.1 Å². The van der Waals surface area contributed by atoms with Gasteiger partial charge < -0.3 is 4.90 Å². The summed E-state index contributed by atoms with van der Waals surface area (Å²) >= 11 is 0. The van der Waals surface area contributed by atoms with Crippen molar-refractivity contribution in [1.29, 1.82) is 0 Å². The Morgan fingerprint density at radius 3 is 2.33 bits per heavy atom. The standard InChI is InChI=1S/C22H20N4O/c1-25(2)19-7-5-6-18(14-19)16-9-11-17(12-10-16)20-15-22(27)26(24-20)21-8-3-4-13-23-21/h3-15,24H,1-2H3. The topological polar surface area (TPSA) is 53.9 Å². The molecular formula is C22H20N4O. The summed E-state index contributed by atoms with van der Waals surface area (Å²) in [7, 11) is 4.07. The average molecular weight is 356 g/mol. The number of pyridine rings is 1. The Hall–Kier alpha value is -3.60. The molecule has 134 valence electrons. The summed E-state index contributed by atoms with van der Waals surface area (Å²) in [5, 5.41) is 3.13. The van der Waals surface area contributed by atoms with Gasteiger partial charge in [-0.15, -0.1) is 0 Å². The number of hydrogen-bond donors (Lipinski definition) is 1. The van der Waals surface area contributed by atoms with E-state index in [2.05, 4.69) is 51.4 Å². The number of rotatable bonds is 4. The molecule has 0 atom stereocenters. The van der Waals surface area contributed by atoms with E-state index < -0.39 is 0 Å². The third-order valence-corrected chi connectivity index (χ3v) is 4.49. The molecule has 4 rings (SSSR count). The number of nitrogens with zero attached hydrogens (tertiary/aromatic N) is 3. The molecule has 5 heteroatoms. The molecule has 0 radical (unpaired) electrons. The lowest BCUT2D eigenvalue weighted by Gasteiger charge is -2.13. The van der Waals surface area contributed by atoms with Crippen LogP contribution in [0.4, 0.5) is 5.69 Å². The van der Waals surface area contributed by atoms with Crippen molar-refractivity contribution in [3.63, 3.8) is 0 Å². The average Bonchev–Trinajstić information content (AvgIpc) is 3.10. The second kappa shape index (κ2) is 6.96. The Kier molecular flexibility index (Phi) is 4.34. The Balaban J connectivity index is 1.65. The molecule has 0 saturated heterocycles. The van der Waals surface area contributed by atoms with E-state index in [1.807, 2.05) is 38.4 Å². The monoisotopic (exact) mass is 356 g/mol. The molecule has 0 saturated carbocycles. The molecule has 0 fully saturated rings. The number of aromatic amines is 1. The molecule has 2 aromatic carbocycles. The highest BCUT2D eigenvalue weighted by Gasteiger charge is 2.08. The third kappa shape index (κ3) is 3.40. The molecular weight excluding hydrogens is 336 g/mol. The lowest BCUT2D eigenvalue weighted by molar-refractivity contribution is 0.822. The minimum absolute atomic E-state index is 0.133. The summed E-state index contributed by atoms with van der Waals surface area (Å²) in [6.45, 7) is 0. The molecule has 0 unspecified atom stereocenters. The van der Waals surface area contributed by atoms with Crippen LogP contribution in [0.2, 0.25) is 0 Å². The first-order chi connectivity index (χ1) is 13.1. The highest BCUT2D eigenvalue weighted by atomic mass is 16.1. The zero-order valence-electron chi connectivity index (χ0n) is 15.3. The fourth-order valence-electron chi connectivity index (χ4n) is 3.01. The molecule has 0 amide bonds. The van der Waals surface area contributed by atoms with Crippen LogP contribution >= 0.6 is 0 Å². The maximum Gasteiger partial charge on any atom is 0.273 e. The number of aromatic nitrogens is 3. The molecule has 5 nitrogen and oxygen atoms in total. The van der Waals surface area contributed by atoms with E-state index >= 15 is 0 Å². The lowest BCUT2D eigenvalue weighted by atomic mass is 10.0. The Bertz CT molecular complexity index is 1110. The smallest absolute Gasteiger partial charge is 0.273 e. The van der Waals surface area contributed by atoms with Crippen molar-refractivity contribution < 1.29 is 0 Å². The highest BCUT2D eigenvalue weighted by molar-refractivity contribution is 5.71. The van der Waals surface area contributed by atoms with Gasteiger partial charge in [-0.1, -0.05) is 42.5 Å². The third-order valence-electron chi connectivity index (χ3n) is 4.49. The second-order valence-electron chi connectivity index (χ2n) is 6.55. The normalized spacial score (nSPS) is 10.7. The first-order valence-electron chi connectivity index (χ1n) is 8.73. The van der Waals surface area contributed by atoms with Crippen LogP contribution in [0.5, 0.6) is 0 Å². The number of H-pyrrole nitrogens is 1. The van der Waals surface area contributed by atoms with Crippen molar-refractivity contribution in [2.45, 2.75) is 0 Å². The minimum atomic E-state index is -0.133. The molecule has 1 N–H and O–H groups in total. The van der Waals surface area contributed by atoms with Crippen LogP contribution in [-0.2, 0) is 0 Å². The molecule has 0 aliphatic rings. The van der Waals surface area contributed by atoms with Crippen LogP contribution in [0.15, 0.2) is 83.8 Å². The van der Waals surface area contributed by atoms with Gasteiger partial charge in [0.2, 0.25) is 0 Å². The molecule has 2 heterocycles. The minimum Gasteiger partial charge on any atom is -0.378 e. The number of anilines is 1. The highest BCUT2D eigenvalue weighted by Crippen LogP contribution is 2.26. The Morgan fingerprint density at radius 1 is 0.852 bits per heavy atom. The van der Waals surface area contributed by atoms with Crippen molar-refractivity contribution in [1.82, 2.24) is 14.8 Å². The van der Waals surface area contributed by atoms with Crippen molar-refractivity contribution in [3.8, 4) is 28.2 Å². The summed E-state index contributed by atoms with van der Waals surface area (Å²) in [6, 6.07) is 23.6. The molecule has 0 spiro atoms. The fourth-order valence-corrected chi connectivity index (χ4v) is 3.01. The Morgan fingerprint density at radius 2 is 1.63 bits per heavy atom. The van der Waals surface area contributed by atoms with Crippen LogP contribution in [0.3, 0.4) is 0 Å². The van der Waals surface area contributed by atoms with Gasteiger partial charge in [0, 0.05) is 32.0 Å². The van der Waals surface area contributed by atoms with Gasteiger partial charge in [0.1, 0.15) is 0 Å². The number of nitrogens with one attached hydrogen (secondary N) is 1. The summed E-state index contributed by atoms with van der Waals surface area (Å²) < 4.78 is 1.45. The predicted octanol–water partition coefficient (Wildman–Crippen LogP) is 3.96. The first-order valence-corrected chi connectivity index (χ1v) is 8.73. The van der Waals surface area contributed by atoms with Gasteiger partial charge in [-0.3, -0.25) is 9.89 Å². The quantitative estimate of drug-likeness (QED) is 0.602. The van der Waals surface area contributed by atoms with E-state index in [1.165, 1.54) is 4.68 Å². The van der Waals surface area contributed by atoms with Crippen LogP contribution in [0.1, 0.15) is 0 Å². The van der Waals surface area contributed by atoms with Gasteiger partial charge in [0.05, 0.1) is 5.69 Å². The van der Waals surface area contributed by atoms with Crippen molar-refractivity contribution >= 4 is 5.69 Å². The summed E-state index contributed by atoms with van der Waals surface area (Å²) in [6.07, 6.45) is 1.67. The zero-order valence-corrected chi connectivity index (χ0v) is 15.3. The summed E-state index contributed by atoms with van der Waals surface area (Å²) in [5.74, 6) is 0.575. The van der Waals surface area contributed by atoms with Gasteiger partial charge in [-0.25, -0.2) is 9.67 Å².